The summed E-state index contributed by atoms with van der Waals surface area (Å²) in [4.78, 5) is 28.2. The number of amides is 2. The molecule has 10 heteroatoms. The first kappa shape index (κ1) is 28.5. The Morgan fingerprint density at radius 2 is 1.69 bits per heavy atom. The summed E-state index contributed by atoms with van der Waals surface area (Å²) in [5, 5.41) is 3.39. The third-order valence-corrected chi connectivity index (χ3v) is 7.23. The number of nitrogens with one attached hydrogen (secondary N) is 1. The van der Waals surface area contributed by atoms with Crippen molar-refractivity contribution in [3.63, 3.8) is 0 Å². The summed E-state index contributed by atoms with van der Waals surface area (Å²) >= 11 is 6.35. The summed E-state index contributed by atoms with van der Waals surface area (Å²) in [5.74, 6) is -0.253. The van der Waals surface area contributed by atoms with Crippen molar-refractivity contribution in [2.45, 2.75) is 52.2 Å². The number of ether oxygens (including phenoxy) is 1. The van der Waals surface area contributed by atoms with Crippen LogP contribution in [0.15, 0.2) is 48.5 Å². The summed E-state index contributed by atoms with van der Waals surface area (Å²) in [5.41, 5.74) is 0.976. The summed E-state index contributed by atoms with van der Waals surface area (Å²) in [6, 6.07) is 12.6. The first-order chi connectivity index (χ1) is 16.5. The Kier molecular flexibility index (Phi) is 10.4. The van der Waals surface area contributed by atoms with Gasteiger partial charge in [-0.25, -0.2) is 8.42 Å². The molecule has 0 radical (unpaired) electrons. The third kappa shape index (κ3) is 7.86. The Labute approximate surface area is 213 Å². The van der Waals surface area contributed by atoms with Gasteiger partial charge in [0.15, 0.2) is 0 Å². The molecule has 0 aliphatic carbocycles. The number of methoxy groups -OCH3 is 1. The highest BCUT2D eigenvalue weighted by Crippen LogP contribution is 2.24. The normalized spacial score (nSPS) is 13.0. The summed E-state index contributed by atoms with van der Waals surface area (Å²) in [6.45, 7) is 5.25. The van der Waals surface area contributed by atoms with E-state index in [1.807, 2.05) is 20.8 Å². The monoisotopic (exact) mass is 523 g/mol. The standard InChI is InChI=1S/C25H34ClN3O5S/c1-6-18(3)27-25(31)23(7-2)28(16-19-10-8-9-11-22(19)26)24(30)17-29(35(5,32)33)20-12-14-21(34-4)15-13-20/h8-15,18,23H,6-7,16-17H2,1-5H3,(H,27,31)/t18-,23+/m1/s1. The maximum Gasteiger partial charge on any atom is 0.244 e. The molecule has 2 rings (SSSR count). The van der Waals surface area contributed by atoms with Gasteiger partial charge in [-0.15, -0.1) is 0 Å². The van der Waals surface area contributed by atoms with Gasteiger partial charge < -0.3 is 15.0 Å². The highest BCUT2D eigenvalue weighted by atomic mass is 35.5. The lowest BCUT2D eigenvalue weighted by molar-refractivity contribution is -0.140. The van der Waals surface area contributed by atoms with Gasteiger partial charge in [-0.3, -0.25) is 13.9 Å². The lowest BCUT2D eigenvalue weighted by Crippen LogP contribution is -2.53. The lowest BCUT2D eigenvalue weighted by Gasteiger charge is -2.33. The van der Waals surface area contributed by atoms with Gasteiger partial charge in [0.05, 0.1) is 19.1 Å². The summed E-state index contributed by atoms with van der Waals surface area (Å²) < 4.78 is 31.4. The number of rotatable bonds is 12. The molecule has 0 saturated heterocycles. The molecule has 2 aromatic rings. The van der Waals surface area contributed by atoms with E-state index in [4.69, 9.17) is 16.3 Å². The Hall–Kier alpha value is -2.78. The highest BCUT2D eigenvalue weighted by Gasteiger charge is 2.32. The van der Waals surface area contributed by atoms with Gasteiger partial charge in [0.25, 0.3) is 0 Å². The quantitative estimate of drug-likeness (QED) is 0.456. The lowest BCUT2D eigenvalue weighted by atomic mass is 10.1. The smallest absolute Gasteiger partial charge is 0.244 e. The van der Waals surface area contributed by atoms with Gasteiger partial charge in [-0.2, -0.15) is 0 Å². The number of nitrogens with zero attached hydrogens (tertiary/aromatic N) is 2. The van der Waals surface area contributed by atoms with E-state index in [2.05, 4.69) is 5.32 Å². The maximum atomic E-state index is 13.6. The molecule has 2 amide bonds. The van der Waals surface area contributed by atoms with Gasteiger partial charge in [0.2, 0.25) is 21.8 Å². The van der Waals surface area contributed by atoms with Crippen LogP contribution >= 0.6 is 11.6 Å². The predicted octanol–water partition coefficient (Wildman–Crippen LogP) is 3.84. The van der Waals surface area contributed by atoms with Gasteiger partial charge in [-0.1, -0.05) is 43.6 Å². The van der Waals surface area contributed by atoms with E-state index in [1.165, 1.54) is 12.0 Å². The number of sulfonamides is 1. The number of carbonyl (C=O) groups is 2. The van der Waals surface area contributed by atoms with Crippen LogP contribution in [0.25, 0.3) is 0 Å². The molecule has 0 saturated carbocycles. The fourth-order valence-electron chi connectivity index (χ4n) is 3.53. The van der Waals surface area contributed by atoms with Crippen molar-refractivity contribution in [3.8, 4) is 5.75 Å². The Morgan fingerprint density at radius 1 is 1.06 bits per heavy atom. The van der Waals surface area contributed by atoms with E-state index in [9.17, 15) is 18.0 Å². The molecule has 0 heterocycles. The van der Waals surface area contributed by atoms with Crippen molar-refractivity contribution < 1.29 is 22.7 Å². The topological polar surface area (TPSA) is 96.0 Å². The maximum absolute atomic E-state index is 13.6. The summed E-state index contributed by atoms with van der Waals surface area (Å²) in [6.07, 6.45) is 2.12. The average molecular weight is 524 g/mol. The van der Waals surface area contributed by atoms with Crippen molar-refractivity contribution in [2.75, 3.05) is 24.2 Å². The van der Waals surface area contributed by atoms with Crippen molar-refractivity contribution in [3.05, 3.63) is 59.1 Å². The van der Waals surface area contributed by atoms with Crippen LogP contribution in [0, 0.1) is 0 Å². The molecule has 192 valence electrons. The minimum atomic E-state index is -3.80. The van der Waals surface area contributed by atoms with Crippen molar-refractivity contribution >= 4 is 39.1 Å². The molecule has 2 atom stereocenters. The summed E-state index contributed by atoms with van der Waals surface area (Å²) in [7, 11) is -2.30. The van der Waals surface area contributed by atoms with E-state index in [1.54, 1.807) is 48.5 Å². The SMILES string of the molecule is CC[C@@H](C)NC(=O)[C@H](CC)N(Cc1ccccc1Cl)C(=O)CN(c1ccc(OC)cc1)S(C)(=O)=O. The second-order valence-corrected chi connectivity index (χ2v) is 10.6. The van der Waals surface area contributed by atoms with Crippen LogP contribution in [0.3, 0.4) is 0 Å². The van der Waals surface area contributed by atoms with Gasteiger partial charge in [0, 0.05) is 17.6 Å². The molecule has 35 heavy (non-hydrogen) atoms. The molecule has 0 bridgehead atoms. The molecule has 0 unspecified atom stereocenters. The Morgan fingerprint density at radius 3 is 2.20 bits per heavy atom. The zero-order chi connectivity index (χ0) is 26.2. The molecule has 0 aromatic heterocycles. The van der Waals surface area contributed by atoms with E-state index in [-0.39, 0.29) is 18.5 Å². The number of benzene rings is 2. The molecule has 0 aliphatic rings. The number of carbonyl (C=O) groups excluding carboxylic acids is 2. The van der Waals surface area contributed by atoms with Crippen LogP contribution in [0.2, 0.25) is 5.02 Å². The number of anilines is 1. The fourth-order valence-corrected chi connectivity index (χ4v) is 4.58. The molecule has 8 nitrogen and oxygen atoms in total. The van der Waals surface area contributed by atoms with E-state index in [0.29, 0.717) is 28.4 Å². The second kappa shape index (κ2) is 12.8. The molecule has 0 fully saturated rings. The van der Waals surface area contributed by atoms with Crippen LogP contribution in [-0.2, 0) is 26.2 Å². The molecule has 0 spiro atoms. The van der Waals surface area contributed by atoms with Gasteiger partial charge >= 0.3 is 0 Å². The van der Waals surface area contributed by atoms with Crippen molar-refractivity contribution in [1.29, 1.82) is 0 Å². The van der Waals surface area contributed by atoms with Crippen LogP contribution < -0.4 is 14.4 Å². The van der Waals surface area contributed by atoms with E-state index in [0.717, 1.165) is 17.0 Å². The zero-order valence-electron chi connectivity index (χ0n) is 20.8. The van der Waals surface area contributed by atoms with Crippen molar-refractivity contribution in [2.24, 2.45) is 0 Å². The number of halogens is 1. The zero-order valence-corrected chi connectivity index (χ0v) is 22.4. The predicted molar refractivity (Wildman–Crippen MR) is 139 cm³/mol. The first-order valence-corrected chi connectivity index (χ1v) is 13.7. The Balaban J connectivity index is 2.44. The minimum absolute atomic E-state index is 0.0607. The van der Waals surface area contributed by atoms with E-state index < -0.39 is 28.5 Å². The van der Waals surface area contributed by atoms with Crippen LogP contribution in [-0.4, -0.2) is 57.1 Å². The molecule has 2 aromatic carbocycles. The van der Waals surface area contributed by atoms with Gasteiger partial charge in [-0.05, 0) is 55.7 Å². The molecular formula is C25H34ClN3O5S. The van der Waals surface area contributed by atoms with E-state index >= 15 is 0 Å². The second-order valence-electron chi connectivity index (χ2n) is 8.32. The highest BCUT2D eigenvalue weighted by molar-refractivity contribution is 7.92. The van der Waals surface area contributed by atoms with Crippen LogP contribution in [0.5, 0.6) is 5.75 Å². The molecule has 1 N–H and O–H groups in total. The minimum Gasteiger partial charge on any atom is -0.497 e. The largest absolute Gasteiger partial charge is 0.497 e. The third-order valence-electron chi connectivity index (χ3n) is 5.73. The molecule has 0 aliphatic heterocycles. The number of hydrogen-bond donors (Lipinski definition) is 1. The molecular weight excluding hydrogens is 490 g/mol. The van der Waals surface area contributed by atoms with Gasteiger partial charge in [0.1, 0.15) is 18.3 Å². The Bertz CT molecular complexity index is 1110. The first-order valence-electron chi connectivity index (χ1n) is 11.5. The van der Waals surface area contributed by atoms with Crippen LogP contribution in [0.1, 0.15) is 39.2 Å². The van der Waals surface area contributed by atoms with Crippen LogP contribution in [0.4, 0.5) is 5.69 Å². The average Bonchev–Trinajstić information content (AvgIpc) is 2.82. The number of hydrogen-bond acceptors (Lipinski definition) is 5. The van der Waals surface area contributed by atoms with Crippen molar-refractivity contribution in [1.82, 2.24) is 10.2 Å². The fraction of sp³-hybridized carbons (Fsp3) is 0.440.